The van der Waals surface area contributed by atoms with Gasteiger partial charge >= 0.3 is 0 Å². The number of amides is 1. The second kappa shape index (κ2) is 10.7. The van der Waals surface area contributed by atoms with Gasteiger partial charge in [-0.15, -0.1) is 11.3 Å². The number of hydrogen-bond acceptors (Lipinski definition) is 7. The van der Waals surface area contributed by atoms with E-state index in [1.165, 1.54) is 11.3 Å². The molecule has 1 N–H and O–H groups in total. The minimum Gasteiger partial charge on any atom is -0.493 e. The van der Waals surface area contributed by atoms with Crippen LogP contribution >= 0.6 is 34.5 Å². The van der Waals surface area contributed by atoms with Gasteiger partial charge in [0.2, 0.25) is 6.79 Å². The lowest BCUT2D eigenvalue weighted by atomic mass is 10.2. The maximum absolute atomic E-state index is 12.7. The zero-order valence-electron chi connectivity index (χ0n) is 19.0. The summed E-state index contributed by atoms with van der Waals surface area (Å²) < 4.78 is 22.1. The smallest absolute Gasteiger partial charge is 0.271 e. The molecule has 0 saturated heterocycles. The number of methoxy groups -OCH3 is 1. The van der Waals surface area contributed by atoms with Crippen molar-refractivity contribution >= 4 is 40.4 Å². The first-order valence-electron chi connectivity index (χ1n) is 10.9. The van der Waals surface area contributed by atoms with E-state index in [1.54, 1.807) is 24.6 Å². The van der Waals surface area contributed by atoms with E-state index >= 15 is 0 Å². The van der Waals surface area contributed by atoms with Gasteiger partial charge in [-0.3, -0.25) is 4.79 Å². The summed E-state index contributed by atoms with van der Waals surface area (Å²) in [5.41, 5.74) is 2.94. The fourth-order valence-electron chi connectivity index (χ4n) is 3.54. The van der Waals surface area contributed by atoms with Crippen LogP contribution in [0.5, 0.6) is 23.0 Å². The Balaban J connectivity index is 1.23. The van der Waals surface area contributed by atoms with Crippen molar-refractivity contribution in [2.45, 2.75) is 13.2 Å². The summed E-state index contributed by atoms with van der Waals surface area (Å²) in [6, 6.07) is 16.4. The number of hydrogen-bond donors (Lipinski definition) is 1. The van der Waals surface area contributed by atoms with Gasteiger partial charge in [-0.05, 0) is 53.6 Å². The Morgan fingerprint density at radius 2 is 1.83 bits per heavy atom. The molecule has 0 unspecified atom stereocenters. The highest BCUT2D eigenvalue weighted by molar-refractivity contribution is 7.13. The van der Waals surface area contributed by atoms with Crippen molar-refractivity contribution in [1.29, 1.82) is 0 Å². The van der Waals surface area contributed by atoms with E-state index in [4.69, 9.17) is 42.1 Å². The van der Waals surface area contributed by atoms with Crippen LogP contribution in [0.15, 0.2) is 60.0 Å². The Hall–Kier alpha value is -3.46. The third-order valence-corrected chi connectivity index (χ3v) is 7.05. The summed E-state index contributed by atoms with van der Waals surface area (Å²) in [6.45, 7) is 0.862. The molecule has 5 rings (SSSR count). The molecule has 0 saturated carbocycles. The fraction of sp³-hybridized carbons (Fsp3) is 0.154. The predicted molar refractivity (Wildman–Crippen MR) is 139 cm³/mol. The summed E-state index contributed by atoms with van der Waals surface area (Å²) >= 11 is 13.4. The van der Waals surface area contributed by atoms with Gasteiger partial charge in [-0.25, -0.2) is 4.98 Å². The number of rotatable bonds is 8. The largest absolute Gasteiger partial charge is 0.493 e. The van der Waals surface area contributed by atoms with Crippen molar-refractivity contribution in [2.75, 3.05) is 13.9 Å². The number of carbonyl (C=O) groups excluding carboxylic acids is 1. The lowest BCUT2D eigenvalue weighted by Crippen LogP contribution is -2.23. The Morgan fingerprint density at radius 3 is 2.67 bits per heavy atom. The van der Waals surface area contributed by atoms with Crippen LogP contribution in [0.25, 0.3) is 10.6 Å². The van der Waals surface area contributed by atoms with Crippen molar-refractivity contribution in [3.05, 3.63) is 86.8 Å². The number of nitrogens with zero attached hydrogens (tertiary/aromatic N) is 1. The van der Waals surface area contributed by atoms with Gasteiger partial charge in [0, 0.05) is 17.5 Å². The van der Waals surface area contributed by atoms with Crippen LogP contribution < -0.4 is 24.3 Å². The number of fused-ring (bicyclic) bond motifs is 1. The second-order valence-electron chi connectivity index (χ2n) is 7.81. The first-order chi connectivity index (χ1) is 17.5. The van der Waals surface area contributed by atoms with Crippen LogP contribution in [0.2, 0.25) is 10.0 Å². The molecule has 0 spiro atoms. The van der Waals surface area contributed by atoms with Gasteiger partial charge in [0.15, 0.2) is 23.0 Å². The zero-order valence-corrected chi connectivity index (χ0v) is 21.4. The van der Waals surface area contributed by atoms with E-state index in [0.717, 1.165) is 16.7 Å². The van der Waals surface area contributed by atoms with E-state index < -0.39 is 0 Å². The van der Waals surface area contributed by atoms with Gasteiger partial charge in [0.1, 0.15) is 17.3 Å². The van der Waals surface area contributed by atoms with Gasteiger partial charge in [0.25, 0.3) is 5.91 Å². The average molecular weight is 543 g/mol. The van der Waals surface area contributed by atoms with Crippen molar-refractivity contribution in [1.82, 2.24) is 10.3 Å². The Kier molecular flexibility index (Phi) is 7.18. The number of benzene rings is 3. The van der Waals surface area contributed by atoms with Gasteiger partial charge in [-0.2, -0.15) is 0 Å². The third-order valence-electron chi connectivity index (χ3n) is 5.42. The molecule has 1 aliphatic rings. The molecule has 184 valence electrons. The number of nitrogens with one attached hydrogen (secondary N) is 1. The van der Waals surface area contributed by atoms with E-state index in [-0.39, 0.29) is 12.7 Å². The van der Waals surface area contributed by atoms with Crippen LogP contribution in [-0.2, 0) is 13.2 Å². The summed E-state index contributed by atoms with van der Waals surface area (Å²) in [5.74, 6) is 2.25. The first kappa shape index (κ1) is 24.2. The average Bonchev–Trinajstić information content (AvgIpc) is 3.57. The molecule has 1 aromatic heterocycles. The Labute approximate surface area is 221 Å². The number of aromatic nitrogens is 1. The van der Waals surface area contributed by atoms with Crippen LogP contribution in [0.4, 0.5) is 0 Å². The Bertz CT molecular complexity index is 1430. The molecule has 0 atom stereocenters. The van der Waals surface area contributed by atoms with E-state index in [9.17, 15) is 4.79 Å². The van der Waals surface area contributed by atoms with Crippen LogP contribution in [0.1, 0.15) is 21.6 Å². The number of carbonyl (C=O) groups is 1. The standard InChI is InChI=1S/C26H20Cl2N2O5S/c1-32-23-10-17(4-7-21(23)33-12-16-2-5-18(27)19(28)8-16)26-30-20(13-36-26)25(31)29-11-15-3-6-22-24(9-15)35-14-34-22/h2-10,13H,11-12,14H2,1H3,(H,29,31). The maximum atomic E-state index is 12.7. The van der Waals surface area contributed by atoms with Gasteiger partial charge < -0.3 is 24.3 Å². The fourth-order valence-corrected chi connectivity index (χ4v) is 4.66. The minimum absolute atomic E-state index is 0.210. The monoisotopic (exact) mass is 542 g/mol. The highest BCUT2D eigenvalue weighted by Crippen LogP contribution is 2.35. The molecule has 2 heterocycles. The molecular formula is C26H20Cl2N2O5S. The van der Waals surface area contributed by atoms with Crippen LogP contribution in [-0.4, -0.2) is 24.8 Å². The van der Waals surface area contributed by atoms with Crippen molar-refractivity contribution in [3.8, 4) is 33.6 Å². The summed E-state index contributed by atoms with van der Waals surface area (Å²) in [6.07, 6.45) is 0. The molecule has 3 aromatic carbocycles. The first-order valence-corrected chi connectivity index (χ1v) is 12.5. The lowest BCUT2D eigenvalue weighted by Gasteiger charge is -2.12. The summed E-state index contributed by atoms with van der Waals surface area (Å²) in [5, 5.41) is 6.27. The Morgan fingerprint density at radius 1 is 1.00 bits per heavy atom. The summed E-state index contributed by atoms with van der Waals surface area (Å²) in [4.78, 5) is 17.2. The molecule has 4 aromatic rings. The van der Waals surface area contributed by atoms with E-state index in [1.807, 2.05) is 42.5 Å². The van der Waals surface area contributed by atoms with Crippen LogP contribution in [0.3, 0.4) is 0 Å². The molecule has 1 aliphatic heterocycles. The molecule has 10 heteroatoms. The normalized spacial score (nSPS) is 11.9. The minimum atomic E-state index is -0.260. The highest BCUT2D eigenvalue weighted by atomic mass is 35.5. The molecule has 7 nitrogen and oxygen atoms in total. The topological polar surface area (TPSA) is 78.9 Å². The molecule has 0 bridgehead atoms. The molecule has 1 amide bonds. The molecule has 0 radical (unpaired) electrons. The van der Waals surface area contributed by atoms with Crippen molar-refractivity contribution in [2.24, 2.45) is 0 Å². The van der Waals surface area contributed by atoms with Crippen molar-refractivity contribution in [3.63, 3.8) is 0 Å². The number of thiazole rings is 1. The van der Waals surface area contributed by atoms with E-state index in [2.05, 4.69) is 10.3 Å². The van der Waals surface area contributed by atoms with Gasteiger partial charge in [-0.1, -0.05) is 35.3 Å². The molecule has 36 heavy (non-hydrogen) atoms. The lowest BCUT2D eigenvalue weighted by molar-refractivity contribution is 0.0946. The molecular weight excluding hydrogens is 523 g/mol. The number of halogens is 2. The SMILES string of the molecule is COc1cc(-c2nc(C(=O)NCc3ccc4c(c3)OCO4)cs2)ccc1OCc1ccc(Cl)c(Cl)c1. The van der Waals surface area contributed by atoms with E-state index in [0.29, 0.717) is 56.9 Å². The molecule has 0 aliphatic carbocycles. The summed E-state index contributed by atoms with van der Waals surface area (Å²) in [7, 11) is 1.57. The van der Waals surface area contributed by atoms with Gasteiger partial charge in [0.05, 0.1) is 17.2 Å². The third kappa shape index (κ3) is 5.36. The predicted octanol–water partition coefficient (Wildman–Crippen LogP) is 6.36. The molecule has 0 fully saturated rings. The van der Waals surface area contributed by atoms with Crippen LogP contribution in [0, 0.1) is 0 Å². The number of ether oxygens (including phenoxy) is 4. The quantitative estimate of drug-likeness (QED) is 0.279. The highest BCUT2D eigenvalue weighted by Gasteiger charge is 2.16. The van der Waals surface area contributed by atoms with Crippen molar-refractivity contribution < 1.29 is 23.7 Å². The zero-order chi connectivity index (χ0) is 25.1. The second-order valence-corrected chi connectivity index (χ2v) is 9.48. The maximum Gasteiger partial charge on any atom is 0.271 e.